The van der Waals surface area contributed by atoms with Gasteiger partial charge in [0.25, 0.3) is 11.6 Å². The van der Waals surface area contributed by atoms with Crippen molar-refractivity contribution in [1.29, 1.82) is 0 Å². The Morgan fingerprint density at radius 1 is 1.36 bits per heavy atom. The molecule has 2 heterocycles. The molecule has 2 aromatic rings. The number of nitrogens with one attached hydrogen (secondary N) is 2. The molecule has 0 aromatic carbocycles. The van der Waals surface area contributed by atoms with Crippen molar-refractivity contribution in [2.75, 3.05) is 33.4 Å². The first-order valence-electron chi connectivity index (χ1n) is 7.36. The number of hydrogen-bond acceptors (Lipinski definition) is 6. The smallest absolute Gasteiger partial charge is 0.257 e. The van der Waals surface area contributed by atoms with Crippen LogP contribution in [0, 0.1) is 0 Å². The molecule has 2 rings (SSSR count). The fraction of sp³-hybridized carbons (Fsp3) is 0.533. The summed E-state index contributed by atoms with van der Waals surface area (Å²) >= 11 is 0. The monoisotopic (exact) mass is 306 g/mol. The first-order chi connectivity index (χ1) is 10.6. The van der Waals surface area contributed by atoms with Crippen molar-refractivity contribution in [3.63, 3.8) is 0 Å². The molecule has 7 nitrogen and oxygen atoms in total. The van der Waals surface area contributed by atoms with E-state index in [1.54, 1.807) is 13.2 Å². The summed E-state index contributed by atoms with van der Waals surface area (Å²) in [6, 6.07) is 1.78. The summed E-state index contributed by atoms with van der Waals surface area (Å²) in [5, 5.41) is 10.8. The van der Waals surface area contributed by atoms with Crippen LogP contribution in [0.4, 0.5) is 0 Å². The van der Waals surface area contributed by atoms with Crippen LogP contribution in [-0.2, 0) is 4.74 Å². The van der Waals surface area contributed by atoms with Crippen molar-refractivity contribution in [3.05, 3.63) is 23.5 Å². The second-order valence-corrected chi connectivity index (χ2v) is 5.30. The fourth-order valence-electron chi connectivity index (χ4n) is 2.06. The Morgan fingerprint density at radius 2 is 2.18 bits per heavy atom. The van der Waals surface area contributed by atoms with Gasteiger partial charge in [0.1, 0.15) is 0 Å². The first kappa shape index (κ1) is 16.4. The third-order valence-electron chi connectivity index (χ3n) is 3.24. The molecular formula is C15H22N4O3. The quantitative estimate of drug-likeness (QED) is 0.715. The van der Waals surface area contributed by atoms with E-state index in [1.807, 2.05) is 13.8 Å². The number of pyridine rings is 1. The highest BCUT2D eigenvalue weighted by molar-refractivity contribution is 5.97. The van der Waals surface area contributed by atoms with Gasteiger partial charge in [-0.15, -0.1) is 0 Å². The number of aromatic nitrogens is 2. The Hall–Kier alpha value is -1.99. The Bertz CT molecular complexity index is 624. The first-order valence-corrected chi connectivity index (χ1v) is 7.36. The third-order valence-corrected chi connectivity index (χ3v) is 3.24. The minimum absolute atomic E-state index is 0.154. The molecule has 0 saturated heterocycles. The van der Waals surface area contributed by atoms with Gasteiger partial charge in [-0.05, 0) is 12.0 Å². The van der Waals surface area contributed by atoms with Crippen molar-refractivity contribution in [2.45, 2.75) is 19.8 Å². The molecule has 0 bridgehead atoms. The van der Waals surface area contributed by atoms with E-state index in [9.17, 15) is 4.79 Å². The van der Waals surface area contributed by atoms with Crippen molar-refractivity contribution in [3.8, 4) is 0 Å². The van der Waals surface area contributed by atoms with Gasteiger partial charge in [0.05, 0.1) is 23.3 Å². The predicted molar refractivity (Wildman–Crippen MR) is 83.0 cm³/mol. The Morgan fingerprint density at radius 3 is 2.91 bits per heavy atom. The van der Waals surface area contributed by atoms with E-state index in [2.05, 4.69) is 20.8 Å². The summed E-state index contributed by atoms with van der Waals surface area (Å²) in [6.45, 7) is 6.69. The van der Waals surface area contributed by atoms with Crippen LogP contribution in [-0.4, -0.2) is 49.4 Å². The van der Waals surface area contributed by atoms with Gasteiger partial charge >= 0.3 is 0 Å². The van der Waals surface area contributed by atoms with E-state index >= 15 is 0 Å². The highest BCUT2D eigenvalue weighted by Gasteiger charge is 2.15. The third kappa shape index (κ3) is 4.02. The molecule has 0 fully saturated rings. The highest BCUT2D eigenvalue weighted by Crippen LogP contribution is 2.23. The number of carbonyl (C=O) groups excluding carboxylic acids is 1. The zero-order valence-corrected chi connectivity index (χ0v) is 13.2. The lowest BCUT2D eigenvalue weighted by Gasteiger charge is -2.06. The van der Waals surface area contributed by atoms with E-state index in [0.717, 1.165) is 17.6 Å². The number of hydrogen-bond donors (Lipinski definition) is 2. The number of amides is 1. The molecule has 0 radical (unpaired) electrons. The molecule has 0 saturated carbocycles. The molecule has 0 aliphatic heterocycles. The van der Waals surface area contributed by atoms with Crippen LogP contribution >= 0.6 is 0 Å². The standard InChI is InChI=1S/C15H22N4O3/c1-10(2)13-12-8-11(9-18-15(12)22-19-13)14(20)17-5-4-16-6-7-21-3/h8-10,16H,4-7H2,1-3H3,(H,17,20). The summed E-state index contributed by atoms with van der Waals surface area (Å²) < 4.78 is 10.1. The topological polar surface area (TPSA) is 89.3 Å². The average molecular weight is 306 g/mol. The van der Waals surface area contributed by atoms with Crippen LogP contribution in [0.3, 0.4) is 0 Å². The zero-order chi connectivity index (χ0) is 15.9. The highest BCUT2D eigenvalue weighted by atomic mass is 16.5. The summed E-state index contributed by atoms with van der Waals surface area (Å²) in [5.41, 5.74) is 1.79. The second kappa shape index (κ2) is 7.86. The molecule has 2 N–H and O–H groups in total. The molecular weight excluding hydrogens is 284 g/mol. The van der Waals surface area contributed by atoms with Crippen LogP contribution in [0.25, 0.3) is 11.1 Å². The van der Waals surface area contributed by atoms with E-state index < -0.39 is 0 Å². The van der Waals surface area contributed by atoms with Crippen molar-refractivity contribution in [1.82, 2.24) is 20.8 Å². The largest absolute Gasteiger partial charge is 0.383 e. The van der Waals surface area contributed by atoms with E-state index in [1.165, 1.54) is 6.20 Å². The summed E-state index contributed by atoms with van der Waals surface area (Å²) in [7, 11) is 1.66. The van der Waals surface area contributed by atoms with Gasteiger partial charge in [-0.3, -0.25) is 4.79 Å². The SMILES string of the molecule is COCCNCCNC(=O)c1cnc2onc(C(C)C)c2c1. The maximum Gasteiger partial charge on any atom is 0.257 e. The van der Waals surface area contributed by atoms with Crippen LogP contribution in [0.5, 0.6) is 0 Å². The van der Waals surface area contributed by atoms with E-state index in [-0.39, 0.29) is 11.8 Å². The molecule has 0 atom stereocenters. The summed E-state index contributed by atoms with van der Waals surface area (Å²) in [4.78, 5) is 16.3. The van der Waals surface area contributed by atoms with Gasteiger partial charge in [0, 0.05) is 32.9 Å². The lowest BCUT2D eigenvalue weighted by atomic mass is 10.1. The number of nitrogens with zero attached hydrogens (tertiary/aromatic N) is 2. The van der Waals surface area contributed by atoms with Crippen molar-refractivity contribution >= 4 is 17.0 Å². The zero-order valence-electron chi connectivity index (χ0n) is 13.2. The molecule has 0 unspecified atom stereocenters. The molecule has 7 heteroatoms. The van der Waals surface area contributed by atoms with Crippen LogP contribution < -0.4 is 10.6 Å². The van der Waals surface area contributed by atoms with Crippen molar-refractivity contribution < 1.29 is 14.1 Å². The number of carbonyl (C=O) groups is 1. The lowest BCUT2D eigenvalue weighted by molar-refractivity contribution is 0.0953. The predicted octanol–water partition coefficient (Wildman–Crippen LogP) is 1.31. The Labute approximate surface area is 129 Å². The van der Waals surface area contributed by atoms with Gasteiger partial charge < -0.3 is 19.9 Å². The Balaban J connectivity index is 1.95. The van der Waals surface area contributed by atoms with Gasteiger partial charge in [0.15, 0.2) is 0 Å². The van der Waals surface area contributed by atoms with Crippen LogP contribution in [0.1, 0.15) is 35.8 Å². The Kier molecular flexibility index (Phi) is 5.85. The maximum absolute atomic E-state index is 12.1. The fourth-order valence-corrected chi connectivity index (χ4v) is 2.06. The molecule has 0 aliphatic carbocycles. The summed E-state index contributed by atoms with van der Waals surface area (Å²) in [5.74, 6) is 0.0604. The van der Waals surface area contributed by atoms with Gasteiger partial charge in [-0.1, -0.05) is 19.0 Å². The van der Waals surface area contributed by atoms with Gasteiger partial charge in [-0.2, -0.15) is 0 Å². The van der Waals surface area contributed by atoms with E-state index in [4.69, 9.17) is 9.26 Å². The van der Waals surface area contributed by atoms with Crippen LogP contribution in [0.2, 0.25) is 0 Å². The van der Waals surface area contributed by atoms with Crippen LogP contribution in [0.15, 0.2) is 16.8 Å². The molecule has 1 amide bonds. The second-order valence-electron chi connectivity index (χ2n) is 5.30. The minimum atomic E-state index is -0.154. The lowest BCUT2D eigenvalue weighted by Crippen LogP contribution is -2.33. The molecule has 0 aliphatic rings. The molecule has 22 heavy (non-hydrogen) atoms. The molecule has 0 spiro atoms. The molecule has 2 aromatic heterocycles. The number of fused-ring (bicyclic) bond motifs is 1. The molecule has 120 valence electrons. The van der Waals surface area contributed by atoms with E-state index in [0.29, 0.717) is 31.0 Å². The summed E-state index contributed by atoms with van der Waals surface area (Å²) in [6.07, 6.45) is 1.51. The number of rotatable bonds is 8. The average Bonchev–Trinajstić information content (AvgIpc) is 2.93. The normalized spacial score (nSPS) is 11.3. The number of ether oxygens (including phenoxy) is 1. The maximum atomic E-state index is 12.1. The van der Waals surface area contributed by atoms with Crippen molar-refractivity contribution in [2.24, 2.45) is 0 Å². The van der Waals surface area contributed by atoms with Gasteiger partial charge in [0.2, 0.25) is 0 Å². The number of methoxy groups -OCH3 is 1. The van der Waals surface area contributed by atoms with Gasteiger partial charge in [-0.25, -0.2) is 4.98 Å². The minimum Gasteiger partial charge on any atom is -0.383 e.